The molecule has 1 heterocycles. The summed E-state index contributed by atoms with van der Waals surface area (Å²) in [5.74, 6) is 0.753. The van der Waals surface area contributed by atoms with E-state index in [0.29, 0.717) is 18.4 Å². The first-order chi connectivity index (χ1) is 7.20. The molecular weight excluding hydrogens is 191 g/mol. The van der Waals surface area contributed by atoms with Crippen LogP contribution in [-0.4, -0.2) is 13.1 Å². The summed E-state index contributed by atoms with van der Waals surface area (Å²) in [6, 6.07) is 4.96. The van der Waals surface area contributed by atoms with Crippen LogP contribution in [0.1, 0.15) is 24.8 Å². The highest BCUT2D eigenvalue weighted by molar-refractivity contribution is 5.57. The molecule has 0 aromatic heterocycles. The quantitative estimate of drug-likeness (QED) is 0.800. The molecule has 0 bridgehead atoms. The van der Waals surface area contributed by atoms with Gasteiger partial charge < -0.3 is 11.1 Å². The highest BCUT2D eigenvalue weighted by atomic mass is 19.1. The molecule has 0 saturated heterocycles. The Kier molecular flexibility index (Phi) is 2.91. The molecule has 3 N–H and O–H groups in total. The number of benzene rings is 1. The van der Waals surface area contributed by atoms with E-state index in [2.05, 4.69) is 12.2 Å². The molecule has 0 aliphatic carbocycles. The highest BCUT2D eigenvalue weighted by Gasteiger charge is 2.23. The summed E-state index contributed by atoms with van der Waals surface area (Å²) in [6.45, 7) is 3.74. The minimum absolute atomic E-state index is 0.150. The van der Waals surface area contributed by atoms with E-state index in [9.17, 15) is 4.39 Å². The fourth-order valence-corrected chi connectivity index (χ4v) is 2.17. The summed E-state index contributed by atoms with van der Waals surface area (Å²) < 4.78 is 13.1. The Morgan fingerprint density at radius 3 is 3.13 bits per heavy atom. The van der Waals surface area contributed by atoms with Gasteiger partial charge in [0.15, 0.2) is 0 Å². The van der Waals surface area contributed by atoms with Crippen LogP contribution in [0.15, 0.2) is 18.2 Å². The molecule has 2 nitrogen and oxygen atoms in total. The Morgan fingerprint density at radius 1 is 1.60 bits per heavy atom. The van der Waals surface area contributed by atoms with Crippen molar-refractivity contribution in [1.29, 1.82) is 0 Å². The van der Waals surface area contributed by atoms with Crippen molar-refractivity contribution in [1.82, 2.24) is 0 Å². The average Bonchev–Trinajstić information content (AvgIpc) is 2.61. The third-order valence-corrected chi connectivity index (χ3v) is 3.08. The van der Waals surface area contributed by atoms with Gasteiger partial charge >= 0.3 is 0 Å². The van der Waals surface area contributed by atoms with E-state index in [-0.39, 0.29) is 5.82 Å². The topological polar surface area (TPSA) is 38.0 Å². The second-order valence-corrected chi connectivity index (χ2v) is 4.39. The standard InChI is InChI=1S/C12H17FN2/c1-8(6-14)4-9-7-15-12-3-2-10(13)5-11(9)12/h2-3,5,8-9,15H,4,6-7,14H2,1H3. The van der Waals surface area contributed by atoms with Crippen LogP contribution in [0.25, 0.3) is 0 Å². The number of nitrogens with two attached hydrogens (primary N) is 1. The minimum atomic E-state index is -0.150. The van der Waals surface area contributed by atoms with Gasteiger partial charge in [0.1, 0.15) is 5.82 Å². The van der Waals surface area contributed by atoms with Gasteiger partial charge in [-0.15, -0.1) is 0 Å². The Bertz CT molecular complexity index is 351. The Balaban J connectivity index is 2.16. The maximum atomic E-state index is 13.1. The van der Waals surface area contributed by atoms with Gasteiger partial charge in [0.05, 0.1) is 0 Å². The van der Waals surface area contributed by atoms with Gasteiger partial charge in [0.25, 0.3) is 0 Å². The van der Waals surface area contributed by atoms with Crippen molar-refractivity contribution >= 4 is 5.69 Å². The van der Waals surface area contributed by atoms with Crippen molar-refractivity contribution < 1.29 is 4.39 Å². The molecular formula is C12H17FN2. The van der Waals surface area contributed by atoms with E-state index < -0.39 is 0 Å². The molecule has 3 heteroatoms. The Labute approximate surface area is 89.7 Å². The Morgan fingerprint density at radius 2 is 2.40 bits per heavy atom. The van der Waals surface area contributed by atoms with Crippen LogP contribution in [0, 0.1) is 11.7 Å². The number of rotatable bonds is 3. The first kappa shape index (κ1) is 10.4. The molecule has 0 amide bonds. The molecule has 0 radical (unpaired) electrons. The van der Waals surface area contributed by atoms with Crippen molar-refractivity contribution in [3.63, 3.8) is 0 Å². The summed E-state index contributed by atoms with van der Waals surface area (Å²) in [4.78, 5) is 0. The van der Waals surface area contributed by atoms with E-state index >= 15 is 0 Å². The zero-order valence-corrected chi connectivity index (χ0v) is 8.96. The number of nitrogens with one attached hydrogen (secondary N) is 1. The van der Waals surface area contributed by atoms with E-state index in [1.807, 2.05) is 6.07 Å². The van der Waals surface area contributed by atoms with E-state index in [1.165, 1.54) is 6.07 Å². The van der Waals surface area contributed by atoms with Crippen molar-refractivity contribution in [3.05, 3.63) is 29.6 Å². The fraction of sp³-hybridized carbons (Fsp3) is 0.500. The molecule has 0 fully saturated rings. The summed E-state index contributed by atoms with van der Waals surface area (Å²) >= 11 is 0. The van der Waals surface area contributed by atoms with Crippen LogP contribution in [0.4, 0.5) is 10.1 Å². The molecule has 0 saturated carbocycles. The molecule has 1 aromatic carbocycles. The first-order valence-corrected chi connectivity index (χ1v) is 5.44. The number of halogens is 1. The molecule has 2 unspecified atom stereocenters. The average molecular weight is 208 g/mol. The molecule has 15 heavy (non-hydrogen) atoms. The summed E-state index contributed by atoms with van der Waals surface area (Å²) in [5.41, 5.74) is 7.79. The normalized spacial score (nSPS) is 20.9. The lowest BCUT2D eigenvalue weighted by Crippen LogP contribution is -2.15. The maximum absolute atomic E-state index is 13.1. The maximum Gasteiger partial charge on any atom is 0.123 e. The molecule has 82 valence electrons. The smallest absolute Gasteiger partial charge is 0.123 e. The number of hydrogen-bond donors (Lipinski definition) is 2. The van der Waals surface area contributed by atoms with Crippen LogP contribution >= 0.6 is 0 Å². The van der Waals surface area contributed by atoms with Gasteiger partial charge in [0.2, 0.25) is 0 Å². The van der Waals surface area contributed by atoms with Crippen LogP contribution in [0.3, 0.4) is 0 Å². The summed E-state index contributed by atoms with van der Waals surface area (Å²) in [6.07, 6.45) is 1.03. The monoisotopic (exact) mass is 208 g/mol. The lowest BCUT2D eigenvalue weighted by Gasteiger charge is -2.14. The molecule has 1 aliphatic rings. The minimum Gasteiger partial charge on any atom is -0.384 e. The largest absolute Gasteiger partial charge is 0.384 e. The second kappa shape index (κ2) is 4.19. The predicted molar refractivity (Wildman–Crippen MR) is 60.5 cm³/mol. The zero-order valence-electron chi connectivity index (χ0n) is 8.96. The molecule has 2 atom stereocenters. The molecule has 1 aromatic rings. The van der Waals surface area contributed by atoms with Gasteiger partial charge in [-0.1, -0.05) is 6.92 Å². The lowest BCUT2D eigenvalue weighted by molar-refractivity contribution is 0.491. The molecule has 0 spiro atoms. The van der Waals surface area contributed by atoms with Gasteiger partial charge in [-0.25, -0.2) is 4.39 Å². The van der Waals surface area contributed by atoms with Crippen molar-refractivity contribution in [2.75, 3.05) is 18.4 Å². The first-order valence-electron chi connectivity index (χ1n) is 5.44. The summed E-state index contributed by atoms with van der Waals surface area (Å²) in [7, 11) is 0. The van der Waals surface area contributed by atoms with Gasteiger partial charge in [0, 0.05) is 18.2 Å². The van der Waals surface area contributed by atoms with E-state index in [4.69, 9.17) is 5.73 Å². The SMILES string of the molecule is CC(CN)CC1CNc2ccc(F)cc21. The van der Waals surface area contributed by atoms with Crippen molar-refractivity contribution in [2.45, 2.75) is 19.3 Å². The van der Waals surface area contributed by atoms with Gasteiger partial charge in [-0.3, -0.25) is 0 Å². The van der Waals surface area contributed by atoms with Crippen LogP contribution in [0.2, 0.25) is 0 Å². The lowest BCUT2D eigenvalue weighted by atomic mass is 9.91. The molecule has 2 rings (SSSR count). The third kappa shape index (κ3) is 2.12. The van der Waals surface area contributed by atoms with Crippen LogP contribution < -0.4 is 11.1 Å². The highest BCUT2D eigenvalue weighted by Crippen LogP contribution is 2.35. The van der Waals surface area contributed by atoms with Gasteiger partial charge in [-0.05, 0) is 42.6 Å². The van der Waals surface area contributed by atoms with Crippen LogP contribution in [0.5, 0.6) is 0 Å². The number of hydrogen-bond acceptors (Lipinski definition) is 2. The van der Waals surface area contributed by atoms with Crippen molar-refractivity contribution in [3.8, 4) is 0 Å². The molecule has 1 aliphatic heterocycles. The summed E-state index contributed by atoms with van der Waals surface area (Å²) in [5, 5.41) is 3.30. The zero-order chi connectivity index (χ0) is 10.8. The fourth-order valence-electron chi connectivity index (χ4n) is 2.17. The van der Waals surface area contributed by atoms with E-state index in [0.717, 1.165) is 24.2 Å². The van der Waals surface area contributed by atoms with Gasteiger partial charge in [-0.2, -0.15) is 0 Å². The van der Waals surface area contributed by atoms with Crippen molar-refractivity contribution in [2.24, 2.45) is 11.7 Å². The predicted octanol–water partition coefficient (Wildman–Crippen LogP) is 2.32. The number of anilines is 1. The third-order valence-electron chi connectivity index (χ3n) is 3.08. The van der Waals surface area contributed by atoms with E-state index in [1.54, 1.807) is 6.07 Å². The Hall–Kier alpha value is -1.09. The number of fused-ring (bicyclic) bond motifs is 1. The van der Waals surface area contributed by atoms with Crippen LogP contribution in [-0.2, 0) is 0 Å². The second-order valence-electron chi connectivity index (χ2n) is 4.39.